The van der Waals surface area contributed by atoms with Gasteiger partial charge in [0.2, 0.25) is 0 Å². The Labute approximate surface area is 123 Å². The molecule has 8 heteroatoms. The maximum Gasteiger partial charge on any atom is 0.184 e. The van der Waals surface area contributed by atoms with Gasteiger partial charge in [0.1, 0.15) is 24.4 Å². The van der Waals surface area contributed by atoms with E-state index in [1.165, 1.54) is 0 Å². The largest absolute Gasteiger partial charge is 0.394 e. The van der Waals surface area contributed by atoms with Crippen LogP contribution in [0.5, 0.6) is 0 Å². The van der Waals surface area contributed by atoms with Crippen LogP contribution in [0.3, 0.4) is 0 Å². The van der Waals surface area contributed by atoms with Crippen LogP contribution < -0.4 is 5.73 Å². The van der Waals surface area contributed by atoms with Crippen molar-refractivity contribution >= 4 is 0 Å². The van der Waals surface area contributed by atoms with Gasteiger partial charge in [-0.1, -0.05) is 0 Å². The third-order valence-corrected chi connectivity index (χ3v) is 3.92. The number of hydrogen-bond acceptors (Lipinski definition) is 8. The lowest BCUT2D eigenvalue weighted by atomic mass is 9.89. The van der Waals surface area contributed by atoms with Crippen LogP contribution in [0.1, 0.15) is 26.7 Å². The molecule has 8 nitrogen and oxygen atoms in total. The smallest absolute Gasteiger partial charge is 0.184 e. The Morgan fingerprint density at radius 2 is 1.86 bits per heavy atom. The Hall–Kier alpha value is -0.320. The molecule has 0 aromatic heterocycles. The molecule has 8 atom stereocenters. The van der Waals surface area contributed by atoms with E-state index in [1.807, 2.05) is 13.8 Å². The van der Waals surface area contributed by atoms with Gasteiger partial charge in [0.15, 0.2) is 12.6 Å². The van der Waals surface area contributed by atoms with E-state index in [4.69, 9.17) is 25.1 Å². The zero-order valence-electron chi connectivity index (χ0n) is 12.3. The Morgan fingerprint density at radius 1 is 1.19 bits per heavy atom. The molecular weight excluding hydrogens is 282 g/mol. The molecule has 2 aliphatic heterocycles. The van der Waals surface area contributed by atoms with Crippen LogP contribution in [0, 0.1) is 0 Å². The third-order valence-electron chi connectivity index (χ3n) is 3.92. The Morgan fingerprint density at radius 3 is 2.43 bits per heavy atom. The number of ether oxygens (including phenoxy) is 3. The minimum atomic E-state index is -1.47. The van der Waals surface area contributed by atoms with Gasteiger partial charge in [-0.2, -0.15) is 0 Å². The predicted molar refractivity (Wildman–Crippen MR) is 71.0 cm³/mol. The first-order valence-electron chi connectivity index (χ1n) is 7.14. The molecule has 21 heavy (non-hydrogen) atoms. The van der Waals surface area contributed by atoms with Crippen molar-refractivity contribution in [3.8, 4) is 0 Å². The first-order chi connectivity index (χ1) is 9.73. The molecule has 2 rings (SSSR count). The van der Waals surface area contributed by atoms with E-state index < -0.39 is 49.1 Å². The maximum atomic E-state index is 10.0. The second kappa shape index (κ2) is 6.43. The molecule has 0 radical (unpaired) electrons. The predicted octanol–water partition coefficient (Wildman–Crippen LogP) is -1.95. The van der Waals surface area contributed by atoms with Crippen molar-refractivity contribution in [1.82, 2.24) is 0 Å². The van der Waals surface area contributed by atoms with Gasteiger partial charge >= 0.3 is 0 Å². The minimum absolute atomic E-state index is 0.118. The summed E-state index contributed by atoms with van der Waals surface area (Å²) in [5, 5.41) is 38.7. The zero-order valence-corrected chi connectivity index (χ0v) is 12.3. The lowest BCUT2D eigenvalue weighted by molar-refractivity contribution is -0.333. The topological polar surface area (TPSA) is 135 Å². The van der Waals surface area contributed by atoms with Crippen molar-refractivity contribution in [2.24, 2.45) is 5.73 Å². The molecule has 0 unspecified atom stereocenters. The van der Waals surface area contributed by atoms with Crippen LogP contribution in [-0.2, 0) is 14.2 Å². The highest BCUT2D eigenvalue weighted by Crippen LogP contribution is 2.30. The summed E-state index contributed by atoms with van der Waals surface area (Å²) >= 11 is 0. The van der Waals surface area contributed by atoms with Gasteiger partial charge in [0.25, 0.3) is 0 Å². The fourth-order valence-corrected chi connectivity index (χ4v) is 2.95. The van der Waals surface area contributed by atoms with Crippen LogP contribution in [0.4, 0.5) is 0 Å². The van der Waals surface area contributed by atoms with Crippen molar-refractivity contribution < 1.29 is 34.6 Å². The van der Waals surface area contributed by atoms with Crippen molar-refractivity contribution in [2.45, 2.75) is 75.3 Å². The Bertz CT molecular complexity index is 353. The van der Waals surface area contributed by atoms with Gasteiger partial charge in [0.05, 0.1) is 12.7 Å². The molecule has 2 saturated heterocycles. The van der Waals surface area contributed by atoms with Crippen LogP contribution in [0.2, 0.25) is 0 Å². The number of aliphatic hydroxyl groups is 4. The van der Waals surface area contributed by atoms with Gasteiger partial charge < -0.3 is 40.4 Å². The Balaban J connectivity index is 2.01. The summed E-state index contributed by atoms with van der Waals surface area (Å²) in [7, 11) is 0. The summed E-state index contributed by atoms with van der Waals surface area (Å²) in [6.07, 6.45) is -6.20. The van der Waals surface area contributed by atoms with E-state index in [9.17, 15) is 15.3 Å². The van der Waals surface area contributed by atoms with Gasteiger partial charge in [-0.3, -0.25) is 0 Å². The molecule has 2 heterocycles. The highest BCUT2D eigenvalue weighted by Gasteiger charge is 2.46. The summed E-state index contributed by atoms with van der Waals surface area (Å²) < 4.78 is 16.2. The van der Waals surface area contributed by atoms with Crippen LogP contribution in [0.15, 0.2) is 0 Å². The number of rotatable bonds is 3. The molecule has 0 saturated carbocycles. The van der Waals surface area contributed by atoms with Gasteiger partial charge in [-0.15, -0.1) is 0 Å². The molecule has 0 bridgehead atoms. The summed E-state index contributed by atoms with van der Waals surface area (Å²) in [6.45, 7) is 3.23. The number of hydrogen-bond donors (Lipinski definition) is 5. The van der Waals surface area contributed by atoms with Gasteiger partial charge in [0, 0.05) is 12.0 Å². The second-order valence-corrected chi connectivity index (χ2v) is 6.27. The summed E-state index contributed by atoms with van der Waals surface area (Å²) in [6, 6.07) is 0. The van der Waals surface area contributed by atoms with E-state index in [-0.39, 0.29) is 6.10 Å². The van der Waals surface area contributed by atoms with Crippen molar-refractivity contribution in [2.75, 3.05) is 6.61 Å². The van der Waals surface area contributed by atoms with Crippen LogP contribution in [-0.4, -0.2) is 75.7 Å². The van der Waals surface area contributed by atoms with Crippen molar-refractivity contribution in [1.29, 1.82) is 0 Å². The molecule has 124 valence electrons. The van der Waals surface area contributed by atoms with E-state index in [1.54, 1.807) is 0 Å². The lowest BCUT2D eigenvalue weighted by Crippen LogP contribution is -2.61. The molecule has 6 N–H and O–H groups in total. The minimum Gasteiger partial charge on any atom is -0.394 e. The third kappa shape index (κ3) is 3.91. The molecule has 0 aromatic carbocycles. The number of nitrogens with two attached hydrogens (primary N) is 1. The SMILES string of the molecule is C[C@H]1C[C@@](C)(N)C[C@H](O[C@@H]2[C@@H](O)[C@H](O)[C@@H](CO)O[C@H]2O)O1. The summed E-state index contributed by atoms with van der Waals surface area (Å²) in [5.41, 5.74) is 5.63. The fraction of sp³-hybridized carbons (Fsp3) is 1.00. The maximum absolute atomic E-state index is 10.0. The van der Waals surface area contributed by atoms with E-state index in [2.05, 4.69) is 0 Å². The Kier molecular flexibility index (Phi) is 5.22. The molecular formula is C13H25NO7. The second-order valence-electron chi connectivity index (χ2n) is 6.27. The molecule has 0 aromatic rings. The lowest BCUT2D eigenvalue weighted by Gasteiger charge is -2.44. The normalized spacial score (nSPS) is 51.9. The average Bonchev–Trinajstić information content (AvgIpc) is 2.36. The van der Waals surface area contributed by atoms with E-state index >= 15 is 0 Å². The quantitative estimate of drug-likeness (QED) is 0.406. The van der Waals surface area contributed by atoms with Crippen LogP contribution >= 0.6 is 0 Å². The van der Waals surface area contributed by atoms with E-state index in [0.29, 0.717) is 12.8 Å². The van der Waals surface area contributed by atoms with Gasteiger partial charge in [-0.05, 0) is 20.3 Å². The van der Waals surface area contributed by atoms with Crippen LogP contribution in [0.25, 0.3) is 0 Å². The highest BCUT2D eigenvalue weighted by molar-refractivity contribution is 4.91. The molecule has 2 aliphatic rings. The van der Waals surface area contributed by atoms with Gasteiger partial charge in [-0.25, -0.2) is 0 Å². The monoisotopic (exact) mass is 307 g/mol. The molecule has 0 amide bonds. The molecule has 2 fully saturated rings. The molecule has 0 spiro atoms. The van der Waals surface area contributed by atoms with E-state index in [0.717, 1.165) is 0 Å². The standard InChI is InChI=1S/C13H25NO7/c1-6-3-13(2,14)4-8(19-6)21-11-10(17)9(16)7(5-15)20-12(11)18/h6-12,15-18H,3-5,14H2,1-2H3/t6-,7+,8-,9+,10-,11+,12+,13+/m0/s1. The average molecular weight is 307 g/mol. The first kappa shape index (κ1) is 17.0. The zero-order chi connectivity index (χ0) is 15.8. The number of aliphatic hydroxyl groups excluding tert-OH is 4. The highest BCUT2D eigenvalue weighted by atomic mass is 16.7. The van der Waals surface area contributed by atoms with Crippen molar-refractivity contribution in [3.63, 3.8) is 0 Å². The first-order valence-corrected chi connectivity index (χ1v) is 7.14. The summed E-state index contributed by atoms with van der Waals surface area (Å²) in [4.78, 5) is 0. The van der Waals surface area contributed by atoms with Crippen molar-refractivity contribution in [3.05, 3.63) is 0 Å². The summed E-state index contributed by atoms with van der Waals surface area (Å²) in [5.74, 6) is 0. The fourth-order valence-electron chi connectivity index (χ4n) is 2.95. The molecule has 0 aliphatic carbocycles.